The molecule has 7 heteroatoms. The van der Waals surface area contributed by atoms with Gasteiger partial charge in [-0.15, -0.1) is 0 Å². The number of piperidine rings is 1. The van der Waals surface area contributed by atoms with Crippen LogP contribution in [0, 0.1) is 5.92 Å². The number of nitrogens with one attached hydrogen (secondary N) is 1. The molecule has 1 saturated heterocycles. The quantitative estimate of drug-likeness (QED) is 0.879. The van der Waals surface area contributed by atoms with Crippen LogP contribution >= 0.6 is 11.8 Å². The first-order chi connectivity index (χ1) is 12.6. The van der Waals surface area contributed by atoms with Gasteiger partial charge in [0, 0.05) is 56.4 Å². The lowest BCUT2D eigenvalue weighted by Crippen LogP contribution is -2.38. The molecule has 1 N–H and O–H groups in total. The molecule has 138 valence electrons. The van der Waals surface area contributed by atoms with Gasteiger partial charge in [0.1, 0.15) is 11.5 Å². The zero-order valence-electron chi connectivity index (χ0n) is 15.3. The Hall–Kier alpha value is -2.02. The Morgan fingerprint density at radius 2 is 2.12 bits per heavy atom. The average molecular weight is 372 g/mol. The molecule has 0 saturated carbocycles. The molecule has 4 heterocycles. The monoisotopic (exact) mass is 371 g/mol. The van der Waals surface area contributed by atoms with Gasteiger partial charge in [0.15, 0.2) is 0 Å². The van der Waals surface area contributed by atoms with Crippen molar-refractivity contribution in [3.8, 4) is 11.4 Å². The third-order valence-corrected chi connectivity index (χ3v) is 6.80. The Kier molecular flexibility index (Phi) is 4.89. The summed E-state index contributed by atoms with van der Waals surface area (Å²) in [6.07, 6.45) is 3.93. The number of aryl methyl sites for hydroxylation is 1. The topological polar surface area (TPSA) is 63.1 Å². The van der Waals surface area contributed by atoms with Crippen molar-refractivity contribution in [3.05, 3.63) is 30.0 Å². The summed E-state index contributed by atoms with van der Waals surface area (Å²) in [5.74, 6) is 2.94. The first-order valence-corrected chi connectivity index (χ1v) is 10.3. The molecule has 1 unspecified atom stereocenters. The van der Waals surface area contributed by atoms with E-state index in [0.717, 1.165) is 55.4 Å². The second kappa shape index (κ2) is 7.31. The minimum absolute atomic E-state index is 0.190. The zero-order valence-corrected chi connectivity index (χ0v) is 16.1. The highest BCUT2D eigenvalue weighted by molar-refractivity contribution is 7.99. The van der Waals surface area contributed by atoms with Crippen LogP contribution in [0.5, 0.6) is 0 Å². The summed E-state index contributed by atoms with van der Waals surface area (Å²) >= 11 is 2.02. The van der Waals surface area contributed by atoms with E-state index in [4.69, 9.17) is 5.10 Å². The van der Waals surface area contributed by atoms with E-state index in [2.05, 4.69) is 10.3 Å². The largest absolute Gasteiger partial charge is 0.369 e. The summed E-state index contributed by atoms with van der Waals surface area (Å²) in [6.45, 7) is 4.34. The second-order valence-corrected chi connectivity index (χ2v) is 8.26. The number of carbonyl (C=O) groups is 1. The third kappa shape index (κ3) is 3.20. The molecular formula is C19H25N5OS. The number of nitrogens with zero attached hydrogens (tertiary/aromatic N) is 4. The number of likely N-dealkylation sites (tertiary alicyclic amines) is 1. The van der Waals surface area contributed by atoms with E-state index < -0.39 is 0 Å². The predicted octanol–water partition coefficient (Wildman–Crippen LogP) is 2.94. The molecule has 1 atom stereocenters. The number of pyridine rings is 1. The molecule has 2 aliphatic rings. The number of hydrogen-bond acceptors (Lipinski definition) is 5. The molecule has 0 radical (unpaired) electrons. The van der Waals surface area contributed by atoms with Crippen molar-refractivity contribution in [2.24, 2.45) is 13.0 Å². The molecule has 6 nitrogen and oxygen atoms in total. The lowest BCUT2D eigenvalue weighted by molar-refractivity contribution is -0.130. The summed E-state index contributed by atoms with van der Waals surface area (Å²) in [4.78, 5) is 18.2. The number of hydrogen-bond donors (Lipinski definition) is 1. The average Bonchev–Trinajstić information content (AvgIpc) is 2.85. The van der Waals surface area contributed by atoms with Crippen LogP contribution in [0.3, 0.4) is 0 Å². The van der Waals surface area contributed by atoms with Crippen LogP contribution in [0.1, 0.15) is 30.6 Å². The van der Waals surface area contributed by atoms with Crippen molar-refractivity contribution in [1.82, 2.24) is 19.7 Å². The Morgan fingerprint density at radius 3 is 2.81 bits per heavy atom. The van der Waals surface area contributed by atoms with Gasteiger partial charge in [-0.2, -0.15) is 16.9 Å². The van der Waals surface area contributed by atoms with E-state index in [1.54, 1.807) is 6.92 Å². The fourth-order valence-corrected chi connectivity index (χ4v) is 5.45. The number of aromatic nitrogens is 3. The Morgan fingerprint density at radius 1 is 1.31 bits per heavy atom. The van der Waals surface area contributed by atoms with Crippen molar-refractivity contribution in [3.63, 3.8) is 0 Å². The number of fused-ring (bicyclic) bond motifs is 1. The van der Waals surface area contributed by atoms with Crippen LogP contribution in [0.2, 0.25) is 0 Å². The molecule has 26 heavy (non-hydrogen) atoms. The number of amides is 1. The fourth-order valence-electron chi connectivity index (χ4n) is 4.04. The Labute approximate surface area is 158 Å². The minimum atomic E-state index is 0.190. The summed E-state index contributed by atoms with van der Waals surface area (Å²) in [5, 5.41) is 8.76. The van der Waals surface area contributed by atoms with Gasteiger partial charge in [-0.05, 0) is 30.9 Å². The van der Waals surface area contributed by atoms with Gasteiger partial charge < -0.3 is 10.2 Å². The van der Waals surface area contributed by atoms with E-state index >= 15 is 0 Å². The van der Waals surface area contributed by atoms with E-state index in [1.807, 2.05) is 52.8 Å². The zero-order chi connectivity index (χ0) is 18.1. The van der Waals surface area contributed by atoms with E-state index in [1.165, 1.54) is 5.56 Å². The van der Waals surface area contributed by atoms with Crippen LogP contribution in [-0.4, -0.2) is 51.0 Å². The summed E-state index contributed by atoms with van der Waals surface area (Å²) in [7, 11) is 2.00. The van der Waals surface area contributed by atoms with Gasteiger partial charge in [-0.3, -0.25) is 14.5 Å². The van der Waals surface area contributed by atoms with Crippen molar-refractivity contribution in [2.45, 2.75) is 25.0 Å². The SMILES string of the molecule is CC(=O)N1CCC(C2SCCNc3c2c(-c2ccccn2)nn3C)CC1. The maximum absolute atomic E-state index is 11.7. The predicted molar refractivity (Wildman–Crippen MR) is 105 cm³/mol. The minimum Gasteiger partial charge on any atom is -0.369 e. The molecule has 0 aromatic carbocycles. The highest BCUT2D eigenvalue weighted by Gasteiger charge is 2.35. The van der Waals surface area contributed by atoms with Gasteiger partial charge in [-0.1, -0.05) is 6.07 Å². The normalized spacial score (nSPS) is 21.0. The standard InChI is InChI=1S/C19H25N5OS/c1-13(25)24-10-6-14(7-11-24)18-16-17(15-5-3-4-8-20-15)22-23(2)19(16)21-9-12-26-18/h3-5,8,14,18,21H,6-7,9-12H2,1-2H3. The molecule has 2 aromatic rings. The van der Waals surface area contributed by atoms with Crippen molar-refractivity contribution in [1.29, 1.82) is 0 Å². The summed E-state index contributed by atoms with van der Waals surface area (Å²) < 4.78 is 1.96. The van der Waals surface area contributed by atoms with Crippen molar-refractivity contribution >= 4 is 23.5 Å². The summed E-state index contributed by atoms with van der Waals surface area (Å²) in [5.41, 5.74) is 3.21. The number of anilines is 1. The number of carbonyl (C=O) groups excluding carboxylic acids is 1. The van der Waals surface area contributed by atoms with E-state index in [-0.39, 0.29) is 5.91 Å². The van der Waals surface area contributed by atoms with Crippen molar-refractivity contribution < 1.29 is 4.79 Å². The van der Waals surface area contributed by atoms with Crippen LogP contribution in [0.15, 0.2) is 24.4 Å². The molecule has 1 amide bonds. The van der Waals surface area contributed by atoms with Gasteiger partial charge >= 0.3 is 0 Å². The number of rotatable bonds is 2. The van der Waals surface area contributed by atoms with Crippen LogP contribution in [-0.2, 0) is 11.8 Å². The molecule has 2 aromatic heterocycles. The smallest absolute Gasteiger partial charge is 0.219 e. The Balaban J connectivity index is 1.70. The fraction of sp³-hybridized carbons (Fsp3) is 0.526. The molecule has 0 aliphatic carbocycles. The summed E-state index contributed by atoms with van der Waals surface area (Å²) in [6, 6.07) is 5.99. The Bertz CT molecular complexity index is 783. The van der Waals surface area contributed by atoms with Gasteiger partial charge in [0.2, 0.25) is 5.91 Å². The molecule has 0 spiro atoms. The maximum atomic E-state index is 11.7. The van der Waals surface area contributed by atoms with E-state index in [0.29, 0.717) is 11.2 Å². The van der Waals surface area contributed by atoms with Gasteiger partial charge in [-0.25, -0.2) is 0 Å². The third-order valence-electron chi connectivity index (χ3n) is 5.38. The van der Waals surface area contributed by atoms with Crippen LogP contribution < -0.4 is 5.32 Å². The molecule has 2 aliphatic heterocycles. The van der Waals surface area contributed by atoms with Crippen molar-refractivity contribution in [2.75, 3.05) is 30.7 Å². The highest BCUT2D eigenvalue weighted by Crippen LogP contribution is 2.48. The van der Waals surface area contributed by atoms with Gasteiger partial charge in [0.05, 0.1) is 5.69 Å². The van der Waals surface area contributed by atoms with Crippen LogP contribution in [0.4, 0.5) is 5.82 Å². The second-order valence-electron chi connectivity index (χ2n) is 7.01. The molecule has 4 rings (SSSR count). The first-order valence-electron chi connectivity index (χ1n) is 9.24. The van der Waals surface area contributed by atoms with E-state index in [9.17, 15) is 4.79 Å². The molecule has 0 bridgehead atoms. The maximum Gasteiger partial charge on any atom is 0.219 e. The van der Waals surface area contributed by atoms with Gasteiger partial charge in [0.25, 0.3) is 0 Å². The molecule has 1 fully saturated rings. The lowest BCUT2D eigenvalue weighted by Gasteiger charge is -2.35. The lowest BCUT2D eigenvalue weighted by atomic mass is 9.88. The van der Waals surface area contributed by atoms with Crippen LogP contribution in [0.25, 0.3) is 11.4 Å². The molecular weight excluding hydrogens is 346 g/mol. The first kappa shape index (κ1) is 17.4. The highest BCUT2D eigenvalue weighted by atomic mass is 32.2. The number of thioether (sulfide) groups is 1.